The van der Waals surface area contributed by atoms with Gasteiger partial charge in [-0.1, -0.05) is 23.8 Å². The monoisotopic (exact) mass is 419 g/mol. The zero-order chi connectivity index (χ0) is 23.2. The number of nitrogens with one attached hydrogen (secondary N) is 2. The summed E-state index contributed by atoms with van der Waals surface area (Å²) < 4.78 is 5.21. The summed E-state index contributed by atoms with van der Waals surface area (Å²) in [6.45, 7) is 16.3. The Hall–Kier alpha value is -2.57. The molecule has 1 rings (SSSR count). The van der Waals surface area contributed by atoms with Gasteiger partial charge in [-0.05, 0) is 73.4 Å². The zero-order valence-corrected chi connectivity index (χ0v) is 19.8. The average molecular weight is 420 g/mol. The van der Waals surface area contributed by atoms with Crippen LogP contribution in [0.15, 0.2) is 18.2 Å². The zero-order valence-electron chi connectivity index (χ0n) is 19.8. The van der Waals surface area contributed by atoms with Crippen LogP contribution in [0.5, 0.6) is 0 Å². The van der Waals surface area contributed by atoms with Crippen molar-refractivity contribution in [1.29, 1.82) is 0 Å². The first kappa shape index (κ1) is 25.5. The second-order valence-electron chi connectivity index (χ2n) is 9.18. The minimum Gasteiger partial charge on any atom is -0.444 e. The molecule has 3 amide bonds. The fourth-order valence-corrected chi connectivity index (χ4v) is 3.12. The number of amides is 3. The predicted octanol–water partition coefficient (Wildman–Crippen LogP) is 3.63. The molecule has 0 bridgehead atoms. The van der Waals surface area contributed by atoms with Gasteiger partial charge in [0.25, 0.3) is 0 Å². The van der Waals surface area contributed by atoms with Gasteiger partial charge in [0.1, 0.15) is 18.2 Å². The molecule has 0 aliphatic carbocycles. The third-order valence-corrected chi connectivity index (χ3v) is 4.31. The number of rotatable bonds is 7. The average Bonchev–Trinajstić information content (AvgIpc) is 2.57. The van der Waals surface area contributed by atoms with Crippen molar-refractivity contribution in [2.45, 2.75) is 86.0 Å². The van der Waals surface area contributed by atoms with Crippen molar-refractivity contribution in [3.63, 3.8) is 0 Å². The predicted molar refractivity (Wildman–Crippen MR) is 118 cm³/mol. The standard InChI is InChI=1S/C23H37N3O4/c1-14(2)25-21(28)20(18-12-16(5)10-11-17(18)6)26(15(3)4)19(27)13-24-22(29)30-23(7,8)9/h10-12,14-15,20H,13H2,1-9H3,(H,24,29)(H,25,28). The molecule has 0 aliphatic rings. The van der Waals surface area contributed by atoms with E-state index in [1.807, 2.05) is 59.7 Å². The van der Waals surface area contributed by atoms with Crippen LogP contribution in [-0.4, -0.2) is 47.0 Å². The lowest BCUT2D eigenvalue weighted by Gasteiger charge is -2.36. The van der Waals surface area contributed by atoms with Crippen LogP contribution in [0.2, 0.25) is 0 Å². The highest BCUT2D eigenvalue weighted by molar-refractivity contribution is 5.91. The van der Waals surface area contributed by atoms with Gasteiger partial charge < -0.3 is 20.3 Å². The molecular formula is C23H37N3O4. The lowest BCUT2D eigenvalue weighted by Crippen LogP contribution is -2.51. The highest BCUT2D eigenvalue weighted by Gasteiger charge is 2.34. The minimum absolute atomic E-state index is 0.0749. The highest BCUT2D eigenvalue weighted by Crippen LogP contribution is 2.28. The molecule has 0 aromatic heterocycles. The summed E-state index contributed by atoms with van der Waals surface area (Å²) >= 11 is 0. The van der Waals surface area contributed by atoms with Crippen LogP contribution in [0.4, 0.5) is 4.79 Å². The van der Waals surface area contributed by atoms with Gasteiger partial charge in [-0.25, -0.2) is 4.79 Å². The van der Waals surface area contributed by atoms with E-state index < -0.39 is 17.7 Å². The van der Waals surface area contributed by atoms with Crippen LogP contribution >= 0.6 is 0 Å². The molecule has 0 heterocycles. The van der Waals surface area contributed by atoms with Crippen molar-refractivity contribution < 1.29 is 19.1 Å². The largest absolute Gasteiger partial charge is 0.444 e. The van der Waals surface area contributed by atoms with E-state index >= 15 is 0 Å². The highest BCUT2D eigenvalue weighted by atomic mass is 16.6. The van der Waals surface area contributed by atoms with Crippen molar-refractivity contribution in [2.24, 2.45) is 0 Å². The van der Waals surface area contributed by atoms with Crippen LogP contribution in [0.3, 0.4) is 0 Å². The number of benzene rings is 1. The fourth-order valence-electron chi connectivity index (χ4n) is 3.12. The molecule has 0 aliphatic heterocycles. The van der Waals surface area contributed by atoms with Crippen molar-refractivity contribution in [2.75, 3.05) is 6.54 Å². The Kier molecular flexibility index (Phi) is 8.88. The summed E-state index contributed by atoms with van der Waals surface area (Å²) in [5, 5.41) is 5.43. The van der Waals surface area contributed by atoms with Gasteiger partial charge in [-0.15, -0.1) is 0 Å². The Labute approximate surface area is 180 Å². The van der Waals surface area contributed by atoms with Gasteiger partial charge in [0.2, 0.25) is 11.8 Å². The van der Waals surface area contributed by atoms with Crippen LogP contribution in [0.1, 0.15) is 71.2 Å². The topological polar surface area (TPSA) is 87.7 Å². The Morgan fingerprint density at radius 3 is 2.17 bits per heavy atom. The van der Waals surface area contributed by atoms with Crippen molar-refractivity contribution >= 4 is 17.9 Å². The number of aryl methyl sites for hydroxylation is 2. The van der Waals surface area contributed by atoms with Gasteiger partial charge in [0, 0.05) is 12.1 Å². The molecule has 2 N–H and O–H groups in total. The van der Waals surface area contributed by atoms with Gasteiger partial charge >= 0.3 is 6.09 Å². The second-order valence-corrected chi connectivity index (χ2v) is 9.18. The van der Waals surface area contributed by atoms with E-state index in [9.17, 15) is 14.4 Å². The van der Waals surface area contributed by atoms with Crippen molar-refractivity contribution in [1.82, 2.24) is 15.5 Å². The third-order valence-electron chi connectivity index (χ3n) is 4.31. The van der Waals surface area contributed by atoms with Gasteiger partial charge in [0.05, 0.1) is 0 Å². The maximum absolute atomic E-state index is 13.2. The van der Waals surface area contributed by atoms with E-state index in [1.165, 1.54) is 4.90 Å². The summed E-state index contributed by atoms with van der Waals surface area (Å²) in [5.74, 6) is -0.612. The molecule has 1 atom stereocenters. The first-order valence-electron chi connectivity index (χ1n) is 10.4. The number of hydrogen-bond donors (Lipinski definition) is 2. The number of nitrogens with zero attached hydrogens (tertiary/aromatic N) is 1. The van der Waals surface area contributed by atoms with E-state index in [1.54, 1.807) is 20.8 Å². The normalized spacial score (nSPS) is 12.5. The lowest BCUT2D eigenvalue weighted by molar-refractivity contribution is -0.142. The van der Waals surface area contributed by atoms with Gasteiger partial charge in [-0.2, -0.15) is 0 Å². The van der Waals surface area contributed by atoms with Crippen molar-refractivity contribution in [3.8, 4) is 0 Å². The molecule has 7 heteroatoms. The molecule has 1 unspecified atom stereocenters. The minimum atomic E-state index is -0.805. The summed E-state index contributed by atoms with van der Waals surface area (Å²) in [6.07, 6.45) is -0.672. The number of alkyl carbamates (subject to hydrolysis) is 1. The van der Waals surface area contributed by atoms with E-state index in [2.05, 4.69) is 10.6 Å². The van der Waals surface area contributed by atoms with Gasteiger partial charge in [0.15, 0.2) is 0 Å². The number of hydrogen-bond acceptors (Lipinski definition) is 4. The summed E-state index contributed by atoms with van der Waals surface area (Å²) in [7, 11) is 0. The molecule has 0 saturated heterocycles. The molecule has 1 aromatic carbocycles. The first-order valence-corrected chi connectivity index (χ1v) is 10.4. The molecule has 30 heavy (non-hydrogen) atoms. The summed E-state index contributed by atoms with van der Waals surface area (Å²) in [6, 6.07) is 4.71. The smallest absolute Gasteiger partial charge is 0.408 e. The molecule has 7 nitrogen and oxygen atoms in total. The molecule has 168 valence electrons. The van der Waals surface area contributed by atoms with Crippen LogP contribution in [-0.2, 0) is 14.3 Å². The van der Waals surface area contributed by atoms with Crippen molar-refractivity contribution in [3.05, 3.63) is 34.9 Å². The Morgan fingerprint density at radius 2 is 1.67 bits per heavy atom. The second kappa shape index (κ2) is 10.5. The van der Waals surface area contributed by atoms with E-state index in [-0.39, 0.29) is 30.4 Å². The fraction of sp³-hybridized carbons (Fsp3) is 0.609. The molecular weight excluding hydrogens is 382 g/mol. The molecule has 1 aromatic rings. The lowest BCUT2D eigenvalue weighted by atomic mass is 9.95. The third kappa shape index (κ3) is 7.69. The number of carbonyl (C=O) groups excluding carboxylic acids is 3. The van der Waals surface area contributed by atoms with E-state index in [0.29, 0.717) is 0 Å². The number of ether oxygens (including phenoxy) is 1. The van der Waals surface area contributed by atoms with Gasteiger partial charge in [-0.3, -0.25) is 9.59 Å². The molecule has 0 saturated carbocycles. The molecule has 0 fully saturated rings. The molecule has 0 radical (unpaired) electrons. The molecule has 0 spiro atoms. The van der Waals surface area contributed by atoms with Crippen LogP contribution in [0.25, 0.3) is 0 Å². The maximum atomic E-state index is 13.2. The van der Waals surface area contributed by atoms with E-state index in [4.69, 9.17) is 4.74 Å². The maximum Gasteiger partial charge on any atom is 0.408 e. The Bertz CT molecular complexity index is 766. The Morgan fingerprint density at radius 1 is 1.07 bits per heavy atom. The van der Waals surface area contributed by atoms with E-state index in [0.717, 1.165) is 16.7 Å². The Balaban J connectivity index is 3.24. The summed E-state index contributed by atoms with van der Waals surface area (Å²) in [5.41, 5.74) is 2.03. The van der Waals surface area contributed by atoms with Crippen LogP contribution in [0, 0.1) is 13.8 Å². The quantitative estimate of drug-likeness (QED) is 0.706. The number of carbonyl (C=O) groups is 3. The first-order chi connectivity index (χ1) is 13.7. The van der Waals surface area contributed by atoms with Crippen LogP contribution < -0.4 is 10.6 Å². The summed E-state index contributed by atoms with van der Waals surface area (Å²) in [4.78, 5) is 39.8. The SMILES string of the molecule is Cc1ccc(C)c(C(C(=O)NC(C)C)N(C(=O)CNC(=O)OC(C)(C)C)C(C)C)c1.